The summed E-state index contributed by atoms with van der Waals surface area (Å²) < 4.78 is 0. The number of hydrogen-bond donors (Lipinski definition) is 2. The van der Waals surface area contributed by atoms with E-state index in [2.05, 4.69) is 0 Å². The van der Waals surface area contributed by atoms with Gasteiger partial charge in [-0.3, -0.25) is 10.1 Å². The highest BCUT2D eigenvalue weighted by Gasteiger charge is 2.30. The first-order chi connectivity index (χ1) is 9.49. The maximum absolute atomic E-state index is 10.7. The molecule has 0 aromatic heterocycles. The van der Waals surface area contributed by atoms with E-state index >= 15 is 0 Å². The van der Waals surface area contributed by atoms with Crippen molar-refractivity contribution in [3.63, 3.8) is 0 Å². The summed E-state index contributed by atoms with van der Waals surface area (Å²) >= 11 is 0. The summed E-state index contributed by atoms with van der Waals surface area (Å²) in [6, 6.07) is 6.27. The molecule has 0 unspecified atom stereocenters. The van der Waals surface area contributed by atoms with Crippen LogP contribution in [0.2, 0.25) is 0 Å². The molecule has 7 heteroatoms. The fourth-order valence-electron chi connectivity index (χ4n) is 2.35. The van der Waals surface area contributed by atoms with Crippen LogP contribution < -0.4 is 10.6 Å². The molecule has 2 rings (SSSR count). The summed E-state index contributed by atoms with van der Waals surface area (Å²) in [5, 5.41) is 29.1. The smallest absolute Gasteiger partial charge is 0.270 e. The molecule has 20 heavy (non-hydrogen) atoms. The van der Waals surface area contributed by atoms with Gasteiger partial charge < -0.3 is 15.7 Å². The Kier molecular flexibility index (Phi) is 3.88. The molecule has 1 heterocycles. The standard InChI is InChI=1S/C13H16N4O3/c14-8-10-7-11(17(19)20)1-2-12(10)16-5-3-13(15,9-18)4-6-16/h1-2,7,18H,3-6,9,15H2. The van der Waals surface area contributed by atoms with Crippen molar-refractivity contribution in [3.8, 4) is 6.07 Å². The molecule has 0 aliphatic carbocycles. The Morgan fingerprint density at radius 1 is 1.50 bits per heavy atom. The van der Waals surface area contributed by atoms with Crippen LogP contribution in [0.25, 0.3) is 0 Å². The van der Waals surface area contributed by atoms with E-state index < -0.39 is 10.5 Å². The molecule has 0 saturated carbocycles. The minimum absolute atomic E-state index is 0.0633. The van der Waals surface area contributed by atoms with Gasteiger partial charge in [0.15, 0.2) is 0 Å². The van der Waals surface area contributed by atoms with Crippen LogP contribution >= 0.6 is 0 Å². The number of nitrogens with two attached hydrogens (primary N) is 1. The van der Waals surface area contributed by atoms with E-state index in [4.69, 9.17) is 11.0 Å². The first-order valence-corrected chi connectivity index (χ1v) is 6.32. The van der Waals surface area contributed by atoms with E-state index in [0.29, 0.717) is 31.6 Å². The summed E-state index contributed by atoms with van der Waals surface area (Å²) in [6.07, 6.45) is 1.23. The maximum atomic E-state index is 10.7. The minimum atomic E-state index is -0.565. The van der Waals surface area contributed by atoms with Gasteiger partial charge in [-0.05, 0) is 18.9 Å². The molecule has 0 atom stereocenters. The summed E-state index contributed by atoms with van der Waals surface area (Å²) in [7, 11) is 0. The highest BCUT2D eigenvalue weighted by atomic mass is 16.6. The lowest BCUT2D eigenvalue weighted by Crippen LogP contribution is -2.53. The number of aliphatic hydroxyl groups excluding tert-OH is 1. The van der Waals surface area contributed by atoms with Gasteiger partial charge in [-0.25, -0.2) is 0 Å². The minimum Gasteiger partial charge on any atom is -0.394 e. The van der Waals surface area contributed by atoms with Crippen molar-refractivity contribution < 1.29 is 10.0 Å². The van der Waals surface area contributed by atoms with Crippen molar-refractivity contribution in [2.45, 2.75) is 18.4 Å². The molecule has 0 spiro atoms. The molecule has 0 radical (unpaired) electrons. The Hall–Kier alpha value is -2.17. The van der Waals surface area contributed by atoms with Crippen LogP contribution in [0.15, 0.2) is 18.2 Å². The third kappa shape index (κ3) is 2.71. The Bertz CT molecular complexity index is 559. The molecule has 1 fully saturated rings. The van der Waals surface area contributed by atoms with Crippen molar-refractivity contribution in [1.82, 2.24) is 0 Å². The molecule has 106 valence electrons. The van der Waals surface area contributed by atoms with Crippen molar-refractivity contribution >= 4 is 11.4 Å². The third-order valence-electron chi connectivity index (χ3n) is 3.73. The van der Waals surface area contributed by atoms with E-state index in [1.165, 1.54) is 12.1 Å². The number of nitro groups is 1. The molecule has 0 bridgehead atoms. The van der Waals surface area contributed by atoms with Gasteiger partial charge in [0, 0.05) is 30.8 Å². The summed E-state index contributed by atoms with van der Waals surface area (Å²) in [5.41, 5.74) is 6.31. The second-order valence-corrected chi connectivity index (χ2v) is 5.08. The predicted octanol–water partition coefficient (Wildman–Crippen LogP) is 0.756. The number of nitro benzene ring substituents is 1. The average Bonchev–Trinajstić information content (AvgIpc) is 2.47. The zero-order valence-corrected chi connectivity index (χ0v) is 11.0. The monoisotopic (exact) mass is 276 g/mol. The number of hydrogen-bond acceptors (Lipinski definition) is 6. The lowest BCUT2D eigenvalue weighted by Gasteiger charge is -2.39. The topological polar surface area (TPSA) is 116 Å². The Balaban J connectivity index is 2.22. The number of nitrogens with zero attached hydrogens (tertiary/aromatic N) is 3. The molecule has 1 aliphatic heterocycles. The fraction of sp³-hybridized carbons (Fsp3) is 0.462. The lowest BCUT2D eigenvalue weighted by molar-refractivity contribution is -0.384. The number of nitriles is 1. The van der Waals surface area contributed by atoms with E-state index in [1.54, 1.807) is 6.07 Å². The number of anilines is 1. The zero-order chi connectivity index (χ0) is 14.8. The van der Waals surface area contributed by atoms with E-state index in [0.717, 1.165) is 0 Å². The van der Waals surface area contributed by atoms with Crippen molar-refractivity contribution in [2.75, 3.05) is 24.6 Å². The number of rotatable bonds is 3. The summed E-state index contributed by atoms with van der Waals surface area (Å²) in [6.45, 7) is 1.17. The quantitative estimate of drug-likeness (QED) is 0.621. The summed E-state index contributed by atoms with van der Waals surface area (Å²) in [4.78, 5) is 12.2. The van der Waals surface area contributed by atoms with Gasteiger partial charge in [0.05, 0.1) is 22.8 Å². The van der Waals surface area contributed by atoms with Crippen molar-refractivity contribution in [3.05, 3.63) is 33.9 Å². The first kappa shape index (κ1) is 14.2. The molecule has 1 saturated heterocycles. The van der Waals surface area contributed by atoms with E-state index in [9.17, 15) is 15.2 Å². The maximum Gasteiger partial charge on any atom is 0.270 e. The number of piperidine rings is 1. The molecule has 3 N–H and O–H groups in total. The SMILES string of the molecule is N#Cc1cc([N+](=O)[O-])ccc1N1CCC(N)(CO)CC1. The van der Waals surface area contributed by atoms with E-state index in [1.807, 2.05) is 11.0 Å². The highest BCUT2D eigenvalue weighted by Crippen LogP contribution is 2.29. The molecule has 1 aromatic rings. The Morgan fingerprint density at radius 3 is 2.65 bits per heavy atom. The third-order valence-corrected chi connectivity index (χ3v) is 3.73. The Labute approximate surface area is 116 Å². The highest BCUT2D eigenvalue weighted by molar-refractivity contribution is 5.63. The van der Waals surface area contributed by atoms with Gasteiger partial charge in [-0.2, -0.15) is 5.26 Å². The normalized spacial score (nSPS) is 17.6. The largest absolute Gasteiger partial charge is 0.394 e. The average molecular weight is 276 g/mol. The molecular weight excluding hydrogens is 260 g/mol. The number of benzene rings is 1. The second-order valence-electron chi connectivity index (χ2n) is 5.08. The molecule has 7 nitrogen and oxygen atoms in total. The van der Waals surface area contributed by atoms with Crippen LogP contribution in [0, 0.1) is 21.4 Å². The van der Waals surface area contributed by atoms with Gasteiger partial charge in [-0.1, -0.05) is 0 Å². The van der Waals surface area contributed by atoms with Crippen LogP contribution in [0.4, 0.5) is 11.4 Å². The van der Waals surface area contributed by atoms with Crippen LogP contribution in [0.3, 0.4) is 0 Å². The molecule has 0 amide bonds. The number of non-ortho nitro benzene ring substituents is 1. The molecule has 1 aromatic carbocycles. The van der Waals surface area contributed by atoms with Crippen molar-refractivity contribution in [1.29, 1.82) is 5.26 Å². The first-order valence-electron chi connectivity index (χ1n) is 6.32. The van der Waals surface area contributed by atoms with Gasteiger partial charge in [0.25, 0.3) is 5.69 Å². The van der Waals surface area contributed by atoms with Crippen LogP contribution in [-0.2, 0) is 0 Å². The number of aliphatic hydroxyl groups is 1. The van der Waals surface area contributed by atoms with Crippen LogP contribution in [-0.4, -0.2) is 35.3 Å². The van der Waals surface area contributed by atoms with Crippen LogP contribution in [0.5, 0.6) is 0 Å². The van der Waals surface area contributed by atoms with Gasteiger partial charge in [0.1, 0.15) is 6.07 Å². The van der Waals surface area contributed by atoms with E-state index in [-0.39, 0.29) is 17.9 Å². The predicted molar refractivity (Wildman–Crippen MR) is 73.3 cm³/mol. The lowest BCUT2D eigenvalue weighted by atomic mass is 9.89. The molecular formula is C13H16N4O3. The summed E-state index contributed by atoms with van der Waals surface area (Å²) in [5.74, 6) is 0. The van der Waals surface area contributed by atoms with Gasteiger partial charge in [0.2, 0.25) is 0 Å². The Morgan fingerprint density at radius 2 is 2.15 bits per heavy atom. The zero-order valence-electron chi connectivity index (χ0n) is 11.0. The van der Waals surface area contributed by atoms with Crippen LogP contribution in [0.1, 0.15) is 18.4 Å². The fourth-order valence-corrected chi connectivity index (χ4v) is 2.35. The van der Waals surface area contributed by atoms with Gasteiger partial charge >= 0.3 is 0 Å². The van der Waals surface area contributed by atoms with Crippen molar-refractivity contribution in [2.24, 2.45) is 5.73 Å². The van der Waals surface area contributed by atoms with Gasteiger partial charge in [-0.15, -0.1) is 0 Å². The second kappa shape index (κ2) is 5.45. The molecule has 1 aliphatic rings.